The topological polar surface area (TPSA) is 80.9 Å². The summed E-state index contributed by atoms with van der Waals surface area (Å²) >= 11 is 5.17. The average molecular weight is 404 g/mol. The van der Waals surface area contributed by atoms with E-state index in [0.717, 1.165) is 16.9 Å². The van der Waals surface area contributed by atoms with Crippen molar-refractivity contribution in [2.45, 2.75) is 19.4 Å². The van der Waals surface area contributed by atoms with E-state index in [4.69, 9.17) is 26.4 Å². The van der Waals surface area contributed by atoms with Crippen molar-refractivity contribution >= 4 is 23.2 Å². The fourth-order valence-corrected chi connectivity index (χ4v) is 2.55. The lowest BCUT2D eigenvalue weighted by Crippen LogP contribution is -2.46. The molecule has 2 rings (SSSR count). The van der Waals surface area contributed by atoms with Crippen molar-refractivity contribution in [3.05, 3.63) is 53.6 Å². The molecular weight excluding hydrogens is 378 g/mol. The minimum atomic E-state index is -0.171. The molecule has 0 aliphatic rings. The smallest absolute Gasteiger partial charge is 0.238 e. The van der Waals surface area contributed by atoms with Crippen LogP contribution in [0, 0.1) is 0 Å². The highest BCUT2D eigenvalue weighted by Gasteiger charge is 2.06. The highest BCUT2D eigenvalue weighted by molar-refractivity contribution is 7.80. The molecule has 0 radical (unpaired) electrons. The van der Waals surface area contributed by atoms with E-state index in [-0.39, 0.29) is 5.91 Å². The third-order valence-corrected chi connectivity index (χ3v) is 4.23. The largest absolute Gasteiger partial charge is 0.497 e. The lowest BCUT2D eigenvalue weighted by Gasteiger charge is -2.12. The van der Waals surface area contributed by atoms with Gasteiger partial charge in [0.05, 0.1) is 21.3 Å². The minimum Gasteiger partial charge on any atom is -0.497 e. The molecule has 1 amide bonds. The highest BCUT2D eigenvalue weighted by Crippen LogP contribution is 2.23. The van der Waals surface area contributed by atoms with E-state index in [0.29, 0.717) is 36.0 Å². The van der Waals surface area contributed by atoms with Gasteiger partial charge in [0.1, 0.15) is 17.2 Å². The maximum absolute atomic E-state index is 12.0. The Morgan fingerprint density at radius 3 is 2.04 bits per heavy atom. The molecule has 0 aliphatic heterocycles. The van der Waals surface area contributed by atoms with E-state index in [2.05, 4.69) is 16.2 Å². The van der Waals surface area contributed by atoms with Crippen LogP contribution >= 0.6 is 12.2 Å². The molecule has 0 saturated carbocycles. The average Bonchev–Trinajstić information content (AvgIpc) is 2.74. The first-order valence-corrected chi connectivity index (χ1v) is 9.12. The molecule has 0 aliphatic carbocycles. The van der Waals surface area contributed by atoms with Gasteiger partial charge >= 0.3 is 0 Å². The van der Waals surface area contributed by atoms with Crippen LogP contribution in [-0.4, -0.2) is 32.3 Å². The van der Waals surface area contributed by atoms with Crippen LogP contribution in [0.15, 0.2) is 42.5 Å². The number of carbonyl (C=O) groups excluding carboxylic acids is 1. The Labute approximate surface area is 170 Å². The number of methoxy groups -OCH3 is 3. The number of hydrogen-bond acceptors (Lipinski definition) is 5. The molecule has 2 aromatic rings. The molecule has 0 aromatic heterocycles. The van der Waals surface area contributed by atoms with Gasteiger partial charge in [-0.2, -0.15) is 0 Å². The molecule has 0 bridgehead atoms. The van der Waals surface area contributed by atoms with Gasteiger partial charge in [-0.15, -0.1) is 0 Å². The van der Waals surface area contributed by atoms with Crippen LogP contribution in [0.1, 0.15) is 17.5 Å². The third-order valence-electron chi connectivity index (χ3n) is 3.98. The van der Waals surface area contributed by atoms with E-state index in [1.165, 1.54) is 0 Å². The summed E-state index contributed by atoms with van der Waals surface area (Å²) in [5.41, 5.74) is 7.29. The Hall–Kier alpha value is -3.00. The van der Waals surface area contributed by atoms with Crippen molar-refractivity contribution in [3.63, 3.8) is 0 Å². The number of carbonyl (C=O) groups is 1. The van der Waals surface area contributed by atoms with Gasteiger partial charge in [-0.25, -0.2) is 0 Å². The maximum atomic E-state index is 12.0. The normalized spacial score (nSPS) is 9.96. The molecular formula is C20H25N3O4S. The summed E-state index contributed by atoms with van der Waals surface area (Å²) in [6.45, 7) is 0.537. The van der Waals surface area contributed by atoms with Crippen molar-refractivity contribution in [2.24, 2.45) is 0 Å². The predicted octanol–water partition coefficient (Wildman–Crippen LogP) is 2.34. The molecule has 7 nitrogen and oxygen atoms in total. The number of nitrogens with one attached hydrogen (secondary N) is 3. The molecule has 0 atom stereocenters. The summed E-state index contributed by atoms with van der Waals surface area (Å²) in [6, 6.07) is 13.2. The van der Waals surface area contributed by atoms with Crippen molar-refractivity contribution in [1.82, 2.24) is 16.2 Å². The molecule has 0 heterocycles. The molecule has 0 spiro atoms. The number of ether oxygens (including phenoxy) is 3. The Kier molecular flexibility index (Phi) is 8.36. The summed E-state index contributed by atoms with van der Waals surface area (Å²) in [5, 5.41) is 3.37. The first-order valence-electron chi connectivity index (χ1n) is 8.71. The number of rotatable bonds is 8. The summed E-state index contributed by atoms with van der Waals surface area (Å²) in [7, 11) is 4.81. The molecule has 3 N–H and O–H groups in total. The first kappa shape index (κ1) is 21.3. The van der Waals surface area contributed by atoms with E-state index < -0.39 is 0 Å². The Morgan fingerprint density at radius 1 is 0.857 bits per heavy atom. The van der Waals surface area contributed by atoms with Crippen LogP contribution in [0.5, 0.6) is 17.2 Å². The fourth-order valence-electron chi connectivity index (χ4n) is 2.43. The van der Waals surface area contributed by atoms with Gasteiger partial charge in [-0.1, -0.05) is 12.1 Å². The van der Waals surface area contributed by atoms with Crippen molar-refractivity contribution in [3.8, 4) is 17.2 Å². The number of amides is 1. The Bertz CT molecular complexity index is 774. The van der Waals surface area contributed by atoms with Crippen LogP contribution in [0.4, 0.5) is 0 Å². The van der Waals surface area contributed by atoms with Gasteiger partial charge in [-0.05, 0) is 54.0 Å². The lowest BCUT2D eigenvalue weighted by molar-refractivity contribution is -0.121. The van der Waals surface area contributed by atoms with Crippen molar-refractivity contribution in [1.29, 1.82) is 0 Å². The zero-order valence-electron chi connectivity index (χ0n) is 16.2. The number of aryl methyl sites for hydroxylation is 1. The minimum absolute atomic E-state index is 0.171. The lowest BCUT2D eigenvalue weighted by atomic mass is 10.1. The molecule has 28 heavy (non-hydrogen) atoms. The van der Waals surface area contributed by atoms with Crippen molar-refractivity contribution in [2.75, 3.05) is 21.3 Å². The number of benzene rings is 2. The highest BCUT2D eigenvalue weighted by atomic mass is 32.1. The summed E-state index contributed by atoms with van der Waals surface area (Å²) in [6.07, 6.45) is 0.845. The molecule has 2 aromatic carbocycles. The summed E-state index contributed by atoms with van der Waals surface area (Å²) < 4.78 is 15.6. The van der Waals surface area contributed by atoms with E-state index in [9.17, 15) is 4.79 Å². The zero-order chi connectivity index (χ0) is 20.4. The van der Waals surface area contributed by atoms with E-state index in [1.54, 1.807) is 27.4 Å². The second-order valence-electron chi connectivity index (χ2n) is 5.92. The monoisotopic (exact) mass is 403 g/mol. The predicted molar refractivity (Wildman–Crippen MR) is 112 cm³/mol. The molecule has 150 valence electrons. The second-order valence-corrected chi connectivity index (χ2v) is 6.33. The zero-order valence-corrected chi connectivity index (χ0v) is 17.0. The van der Waals surface area contributed by atoms with Crippen LogP contribution in [0.2, 0.25) is 0 Å². The van der Waals surface area contributed by atoms with Gasteiger partial charge in [0.2, 0.25) is 5.91 Å². The molecule has 0 fully saturated rings. The van der Waals surface area contributed by atoms with Crippen LogP contribution < -0.4 is 30.4 Å². The van der Waals surface area contributed by atoms with Gasteiger partial charge < -0.3 is 19.5 Å². The second kappa shape index (κ2) is 11.0. The number of thiocarbonyl (C=S) groups is 1. The molecule has 0 saturated heterocycles. The fraction of sp³-hybridized carbons (Fsp3) is 0.300. The van der Waals surface area contributed by atoms with Crippen LogP contribution in [0.25, 0.3) is 0 Å². The quantitative estimate of drug-likeness (QED) is 0.461. The number of hydrazine groups is 1. The van der Waals surface area contributed by atoms with Gasteiger partial charge in [0, 0.05) is 19.0 Å². The number of hydrogen-bond donors (Lipinski definition) is 3. The van der Waals surface area contributed by atoms with E-state index in [1.807, 2.05) is 36.4 Å². The van der Waals surface area contributed by atoms with Crippen molar-refractivity contribution < 1.29 is 19.0 Å². The molecule has 0 unspecified atom stereocenters. The third kappa shape index (κ3) is 6.96. The standard InChI is InChI=1S/C20H25N3O4S/c1-25-16-7-4-14(5-8-16)13-21-20(28)23-22-19(24)9-6-15-10-17(26-2)12-18(11-15)27-3/h4-5,7-8,10-12H,6,9,13H2,1-3H3,(H,22,24)(H2,21,23,28). The maximum Gasteiger partial charge on any atom is 0.238 e. The molecule has 8 heteroatoms. The van der Waals surface area contributed by atoms with E-state index >= 15 is 0 Å². The first-order chi connectivity index (χ1) is 13.5. The van der Waals surface area contributed by atoms with Crippen LogP contribution in [-0.2, 0) is 17.8 Å². The SMILES string of the molecule is COc1ccc(CNC(=S)NNC(=O)CCc2cc(OC)cc(OC)c2)cc1. The summed E-state index contributed by atoms with van der Waals surface area (Å²) in [5.74, 6) is 2.01. The van der Waals surface area contributed by atoms with Crippen LogP contribution in [0.3, 0.4) is 0 Å². The summed E-state index contributed by atoms with van der Waals surface area (Å²) in [4.78, 5) is 12.0. The Balaban J connectivity index is 1.72. The van der Waals surface area contributed by atoms with Gasteiger partial charge in [0.25, 0.3) is 0 Å². The Morgan fingerprint density at radius 2 is 1.46 bits per heavy atom. The van der Waals surface area contributed by atoms with Gasteiger partial charge in [-0.3, -0.25) is 15.6 Å². The van der Waals surface area contributed by atoms with Gasteiger partial charge in [0.15, 0.2) is 5.11 Å².